The topological polar surface area (TPSA) is 97.1 Å². The second-order valence-electron chi connectivity index (χ2n) is 5.76. The van der Waals surface area contributed by atoms with E-state index in [1.165, 1.54) is 0 Å². The SMILES string of the molecule is CC(C)(C)OC(=O)N1CC[C@@H](c2n[nH]c(CN)n2)C1. The molecule has 0 bridgehead atoms. The maximum absolute atomic E-state index is 11.9. The highest BCUT2D eigenvalue weighted by molar-refractivity contribution is 5.68. The smallest absolute Gasteiger partial charge is 0.410 e. The van der Waals surface area contributed by atoms with Gasteiger partial charge in [0.25, 0.3) is 0 Å². The molecule has 1 aliphatic heterocycles. The molecule has 0 unspecified atom stereocenters. The van der Waals surface area contributed by atoms with Gasteiger partial charge in [-0.1, -0.05) is 0 Å². The summed E-state index contributed by atoms with van der Waals surface area (Å²) < 4.78 is 5.35. The zero-order valence-electron chi connectivity index (χ0n) is 11.6. The number of nitrogens with one attached hydrogen (secondary N) is 1. The van der Waals surface area contributed by atoms with Gasteiger partial charge in [0.2, 0.25) is 0 Å². The summed E-state index contributed by atoms with van der Waals surface area (Å²) in [6, 6.07) is 0. The molecule has 7 heteroatoms. The van der Waals surface area contributed by atoms with Crippen molar-refractivity contribution in [3.05, 3.63) is 11.6 Å². The molecule has 2 heterocycles. The zero-order valence-corrected chi connectivity index (χ0v) is 11.6. The van der Waals surface area contributed by atoms with Gasteiger partial charge in [0.15, 0.2) is 5.82 Å². The fraction of sp³-hybridized carbons (Fsp3) is 0.750. The van der Waals surface area contributed by atoms with Crippen LogP contribution < -0.4 is 5.73 Å². The summed E-state index contributed by atoms with van der Waals surface area (Å²) in [6.45, 7) is 7.20. The molecule has 1 atom stereocenters. The summed E-state index contributed by atoms with van der Waals surface area (Å²) in [5.74, 6) is 1.56. The molecule has 0 saturated carbocycles. The molecule has 0 spiro atoms. The van der Waals surface area contributed by atoms with Gasteiger partial charge >= 0.3 is 6.09 Å². The number of nitrogens with zero attached hydrogens (tertiary/aromatic N) is 3. The Balaban J connectivity index is 1.94. The van der Waals surface area contributed by atoms with Gasteiger partial charge in [0.05, 0.1) is 6.54 Å². The second-order valence-corrected chi connectivity index (χ2v) is 5.76. The average Bonchev–Trinajstić information content (AvgIpc) is 2.95. The van der Waals surface area contributed by atoms with Crippen LogP contribution in [0.5, 0.6) is 0 Å². The minimum absolute atomic E-state index is 0.157. The van der Waals surface area contributed by atoms with Crippen LogP contribution in [0.1, 0.15) is 44.8 Å². The summed E-state index contributed by atoms with van der Waals surface area (Å²) >= 11 is 0. The van der Waals surface area contributed by atoms with E-state index in [-0.39, 0.29) is 12.0 Å². The number of nitrogens with two attached hydrogens (primary N) is 1. The number of amides is 1. The van der Waals surface area contributed by atoms with E-state index >= 15 is 0 Å². The van der Waals surface area contributed by atoms with Gasteiger partial charge in [-0.15, -0.1) is 0 Å². The number of rotatable bonds is 2. The van der Waals surface area contributed by atoms with Crippen LogP contribution in [0, 0.1) is 0 Å². The average molecular weight is 267 g/mol. The first kappa shape index (κ1) is 13.8. The molecule has 3 N–H and O–H groups in total. The van der Waals surface area contributed by atoms with Gasteiger partial charge in [-0.05, 0) is 27.2 Å². The van der Waals surface area contributed by atoms with E-state index in [1.54, 1.807) is 4.90 Å². The highest BCUT2D eigenvalue weighted by Gasteiger charge is 2.32. The molecule has 1 aliphatic rings. The molecular weight excluding hydrogens is 246 g/mol. The van der Waals surface area contributed by atoms with Crippen LogP contribution in [-0.4, -0.2) is 44.9 Å². The lowest BCUT2D eigenvalue weighted by Gasteiger charge is -2.24. The lowest BCUT2D eigenvalue weighted by atomic mass is 10.1. The van der Waals surface area contributed by atoms with Crippen molar-refractivity contribution in [2.24, 2.45) is 5.73 Å². The van der Waals surface area contributed by atoms with Gasteiger partial charge in [0.1, 0.15) is 11.4 Å². The number of aromatic amines is 1. The van der Waals surface area contributed by atoms with Crippen LogP contribution >= 0.6 is 0 Å². The summed E-state index contributed by atoms with van der Waals surface area (Å²) in [7, 11) is 0. The largest absolute Gasteiger partial charge is 0.444 e. The third-order valence-corrected chi connectivity index (χ3v) is 2.95. The number of hydrogen-bond donors (Lipinski definition) is 2. The number of ether oxygens (including phenoxy) is 1. The Hall–Kier alpha value is -1.63. The van der Waals surface area contributed by atoms with Crippen molar-refractivity contribution in [3.8, 4) is 0 Å². The fourth-order valence-electron chi connectivity index (χ4n) is 2.05. The molecule has 0 aromatic carbocycles. The van der Waals surface area contributed by atoms with Gasteiger partial charge < -0.3 is 15.4 Å². The maximum atomic E-state index is 11.9. The third-order valence-electron chi connectivity index (χ3n) is 2.95. The highest BCUT2D eigenvalue weighted by atomic mass is 16.6. The van der Waals surface area contributed by atoms with Crippen LogP contribution in [0.15, 0.2) is 0 Å². The summed E-state index contributed by atoms with van der Waals surface area (Å²) in [6.07, 6.45) is 0.575. The lowest BCUT2D eigenvalue weighted by Crippen LogP contribution is -2.35. The van der Waals surface area contributed by atoms with Crippen LogP contribution in [0.2, 0.25) is 0 Å². The number of carbonyl (C=O) groups is 1. The van der Waals surface area contributed by atoms with Gasteiger partial charge in [-0.3, -0.25) is 5.10 Å². The number of likely N-dealkylation sites (tertiary alicyclic amines) is 1. The van der Waals surface area contributed by atoms with E-state index in [0.717, 1.165) is 12.2 Å². The second kappa shape index (κ2) is 5.16. The first-order chi connectivity index (χ1) is 8.89. The van der Waals surface area contributed by atoms with Gasteiger partial charge in [-0.2, -0.15) is 5.10 Å². The van der Waals surface area contributed by atoms with Crippen molar-refractivity contribution in [1.29, 1.82) is 0 Å². The first-order valence-electron chi connectivity index (χ1n) is 6.48. The summed E-state index contributed by atoms with van der Waals surface area (Å²) in [5, 5.41) is 6.94. The molecule has 1 saturated heterocycles. The predicted octanol–water partition coefficient (Wildman–Crippen LogP) is 0.988. The van der Waals surface area contributed by atoms with Crippen LogP contribution in [0.4, 0.5) is 4.79 Å². The molecule has 1 aromatic rings. The van der Waals surface area contributed by atoms with Crippen molar-refractivity contribution in [3.63, 3.8) is 0 Å². The van der Waals surface area contributed by atoms with Crippen LogP contribution in [-0.2, 0) is 11.3 Å². The van der Waals surface area contributed by atoms with E-state index in [0.29, 0.717) is 25.5 Å². The highest BCUT2D eigenvalue weighted by Crippen LogP contribution is 2.25. The van der Waals surface area contributed by atoms with E-state index in [1.807, 2.05) is 20.8 Å². The Labute approximate surface area is 112 Å². The molecule has 19 heavy (non-hydrogen) atoms. The van der Waals surface area contributed by atoms with Crippen molar-refractivity contribution >= 4 is 6.09 Å². The Morgan fingerprint density at radius 3 is 2.89 bits per heavy atom. The minimum Gasteiger partial charge on any atom is -0.444 e. The molecule has 7 nitrogen and oxygen atoms in total. The molecule has 1 aromatic heterocycles. The number of carbonyl (C=O) groups excluding carboxylic acids is 1. The quantitative estimate of drug-likeness (QED) is 0.832. The normalized spacial score (nSPS) is 19.8. The number of aromatic nitrogens is 3. The molecule has 1 amide bonds. The third kappa shape index (κ3) is 3.44. The molecule has 2 rings (SSSR count). The first-order valence-corrected chi connectivity index (χ1v) is 6.48. The lowest BCUT2D eigenvalue weighted by molar-refractivity contribution is 0.0292. The molecule has 106 valence electrons. The maximum Gasteiger partial charge on any atom is 0.410 e. The molecule has 1 fully saturated rings. The summed E-state index contributed by atoms with van der Waals surface area (Å²) in [4.78, 5) is 17.9. The number of H-pyrrole nitrogens is 1. The van der Waals surface area contributed by atoms with E-state index in [2.05, 4.69) is 15.2 Å². The van der Waals surface area contributed by atoms with Crippen LogP contribution in [0.25, 0.3) is 0 Å². The predicted molar refractivity (Wildman–Crippen MR) is 69.4 cm³/mol. The minimum atomic E-state index is -0.466. The summed E-state index contributed by atoms with van der Waals surface area (Å²) in [5.41, 5.74) is 5.02. The zero-order chi connectivity index (χ0) is 14.0. The Kier molecular flexibility index (Phi) is 3.75. The Morgan fingerprint density at radius 1 is 1.58 bits per heavy atom. The van der Waals surface area contributed by atoms with Crippen molar-refractivity contribution in [1.82, 2.24) is 20.1 Å². The Morgan fingerprint density at radius 2 is 2.32 bits per heavy atom. The molecular formula is C12H21N5O2. The van der Waals surface area contributed by atoms with Crippen LogP contribution in [0.3, 0.4) is 0 Å². The van der Waals surface area contributed by atoms with E-state index < -0.39 is 5.60 Å². The van der Waals surface area contributed by atoms with E-state index in [4.69, 9.17) is 10.5 Å². The van der Waals surface area contributed by atoms with Crippen molar-refractivity contribution in [2.45, 2.75) is 45.3 Å². The van der Waals surface area contributed by atoms with Gasteiger partial charge in [-0.25, -0.2) is 9.78 Å². The standard InChI is InChI=1S/C12H21N5O2/c1-12(2,3)19-11(18)17-5-4-8(7-17)10-14-9(6-13)15-16-10/h8H,4-7,13H2,1-3H3,(H,14,15,16)/t8-/m1/s1. The monoisotopic (exact) mass is 267 g/mol. The van der Waals surface area contributed by atoms with Crippen molar-refractivity contribution < 1.29 is 9.53 Å². The van der Waals surface area contributed by atoms with Gasteiger partial charge in [0, 0.05) is 19.0 Å². The number of hydrogen-bond acceptors (Lipinski definition) is 5. The Bertz CT molecular complexity index is 451. The molecule has 0 radical (unpaired) electrons. The molecule has 0 aliphatic carbocycles. The van der Waals surface area contributed by atoms with Crippen molar-refractivity contribution in [2.75, 3.05) is 13.1 Å². The van der Waals surface area contributed by atoms with E-state index in [9.17, 15) is 4.79 Å². The fourth-order valence-corrected chi connectivity index (χ4v) is 2.05.